The molecule has 4 aromatic rings. The highest BCUT2D eigenvalue weighted by molar-refractivity contribution is 7.48. The molecular weight excluding hydrogens is 602 g/mol. The summed E-state index contributed by atoms with van der Waals surface area (Å²) in [6, 6.07) is 25.9. The fourth-order valence-corrected chi connectivity index (χ4v) is 5.58. The van der Waals surface area contributed by atoms with Crippen LogP contribution in [0, 0.1) is 5.82 Å². The Balaban J connectivity index is 1.23. The predicted molar refractivity (Wildman–Crippen MR) is 166 cm³/mol. The number of cyclic esters (lactones) is 1. The number of hydrazine groups is 1. The Morgan fingerprint density at radius 1 is 1.02 bits per heavy atom. The summed E-state index contributed by atoms with van der Waals surface area (Å²) in [5.41, 5.74) is 8.82. The van der Waals surface area contributed by atoms with E-state index in [1.807, 2.05) is 60.7 Å². The van der Waals surface area contributed by atoms with Crippen LogP contribution in [-0.2, 0) is 36.1 Å². The summed E-state index contributed by atoms with van der Waals surface area (Å²) >= 11 is 0. The van der Waals surface area contributed by atoms with Gasteiger partial charge in [0.05, 0.1) is 32.1 Å². The number of benzene rings is 3. The fraction of sp³-hybridized carbons (Fsp3) is 0.194. The zero-order valence-electron chi connectivity index (χ0n) is 24.4. The average Bonchev–Trinajstić information content (AvgIpc) is 3.43. The first-order valence-corrected chi connectivity index (χ1v) is 15.3. The van der Waals surface area contributed by atoms with E-state index in [0.29, 0.717) is 11.3 Å². The highest BCUT2D eigenvalue weighted by Crippen LogP contribution is 2.51. The number of nitrogens with zero attached hydrogens (tertiary/aromatic N) is 4. The maximum atomic E-state index is 15.2. The number of halogens is 1. The van der Waals surface area contributed by atoms with E-state index in [2.05, 4.69) is 10.1 Å². The second kappa shape index (κ2) is 14.4. The van der Waals surface area contributed by atoms with Crippen molar-refractivity contribution in [1.29, 1.82) is 0 Å². The van der Waals surface area contributed by atoms with E-state index in [9.17, 15) is 9.36 Å². The minimum absolute atomic E-state index is 0.0145. The molecule has 1 aliphatic heterocycles. The molecule has 1 atom stereocenters. The Bertz CT molecular complexity index is 1630. The Labute approximate surface area is 259 Å². The summed E-state index contributed by atoms with van der Waals surface area (Å²) in [5.74, 6) is 5.01. The summed E-state index contributed by atoms with van der Waals surface area (Å²) in [4.78, 5) is 18.2. The number of phosphoric ester groups is 1. The van der Waals surface area contributed by atoms with Gasteiger partial charge in [0.25, 0.3) is 0 Å². The van der Waals surface area contributed by atoms with Gasteiger partial charge in [0, 0.05) is 24.4 Å². The topological polar surface area (TPSA) is 155 Å². The van der Waals surface area contributed by atoms with E-state index in [1.165, 1.54) is 30.3 Å². The molecule has 14 heteroatoms. The maximum absolute atomic E-state index is 15.2. The third kappa shape index (κ3) is 8.50. The molecule has 234 valence electrons. The highest BCUT2D eigenvalue weighted by Gasteiger charge is 2.36. The Hall–Kier alpha value is -4.65. The van der Waals surface area contributed by atoms with Gasteiger partial charge >= 0.3 is 13.9 Å². The van der Waals surface area contributed by atoms with Gasteiger partial charge in [0.2, 0.25) is 0 Å². The molecule has 5 rings (SSSR count). The summed E-state index contributed by atoms with van der Waals surface area (Å²) in [5, 5.41) is 4.94. The molecule has 3 aromatic carbocycles. The Kier molecular flexibility index (Phi) is 10.2. The summed E-state index contributed by atoms with van der Waals surface area (Å²) in [6.45, 7) is -0.272. The van der Waals surface area contributed by atoms with Crippen molar-refractivity contribution < 1.29 is 32.1 Å². The number of carbonyl (C=O) groups excluding carboxylic acids is 1. The minimum Gasteiger partial charge on any atom is -0.441 e. The van der Waals surface area contributed by atoms with Gasteiger partial charge in [0.15, 0.2) is 5.84 Å². The molecule has 0 radical (unpaired) electrons. The van der Waals surface area contributed by atoms with Gasteiger partial charge in [-0.25, -0.2) is 24.7 Å². The number of anilines is 1. The van der Waals surface area contributed by atoms with Crippen LogP contribution in [0.1, 0.15) is 16.8 Å². The second-order valence-electron chi connectivity index (χ2n) is 10.0. The smallest absolute Gasteiger partial charge is 0.441 e. The van der Waals surface area contributed by atoms with Crippen LogP contribution in [0.15, 0.2) is 102 Å². The normalized spacial score (nSPS) is 15.3. The van der Waals surface area contributed by atoms with Gasteiger partial charge in [0.1, 0.15) is 17.6 Å². The van der Waals surface area contributed by atoms with Crippen LogP contribution in [0.5, 0.6) is 0 Å². The van der Waals surface area contributed by atoms with Crippen LogP contribution in [0.25, 0.3) is 11.1 Å². The molecule has 1 saturated heterocycles. The molecular formula is C31H32FN6O6P. The number of amidine groups is 1. The van der Waals surface area contributed by atoms with E-state index in [0.717, 1.165) is 16.2 Å². The van der Waals surface area contributed by atoms with Gasteiger partial charge < -0.3 is 10.5 Å². The SMILES string of the molecule is CN(N)/N=C(\N)c1ccc(-c2ccc(N3CC(COP(=O)(OCc4ccccc4)OCc4ccccc4)OC3=O)cc2F)cn1. The van der Waals surface area contributed by atoms with Crippen molar-refractivity contribution in [3.63, 3.8) is 0 Å². The van der Waals surface area contributed by atoms with Gasteiger partial charge in [-0.3, -0.25) is 23.5 Å². The predicted octanol–water partition coefficient (Wildman–Crippen LogP) is 5.20. The quantitative estimate of drug-likeness (QED) is 0.0660. The van der Waals surface area contributed by atoms with Crippen LogP contribution in [0.3, 0.4) is 0 Å². The number of amides is 1. The number of carbonyl (C=O) groups is 1. The third-order valence-corrected chi connectivity index (χ3v) is 7.98. The number of aromatic nitrogens is 1. The molecule has 0 spiro atoms. The molecule has 4 N–H and O–H groups in total. The molecule has 1 aromatic heterocycles. The molecule has 0 bridgehead atoms. The molecule has 1 unspecified atom stereocenters. The third-order valence-electron chi connectivity index (χ3n) is 6.62. The van der Waals surface area contributed by atoms with Crippen LogP contribution >= 0.6 is 7.82 Å². The number of nitrogens with two attached hydrogens (primary N) is 2. The number of hydrogen-bond donors (Lipinski definition) is 2. The lowest BCUT2D eigenvalue weighted by Crippen LogP contribution is -2.26. The zero-order chi connectivity index (χ0) is 31.8. The van der Waals surface area contributed by atoms with E-state index in [1.54, 1.807) is 18.2 Å². The van der Waals surface area contributed by atoms with Crippen molar-refractivity contribution in [2.45, 2.75) is 19.3 Å². The fourth-order valence-electron chi connectivity index (χ4n) is 4.39. The van der Waals surface area contributed by atoms with Crippen molar-refractivity contribution in [3.8, 4) is 11.1 Å². The van der Waals surface area contributed by atoms with Crippen molar-refractivity contribution in [2.75, 3.05) is 25.1 Å². The number of hydrazone groups is 1. The lowest BCUT2D eigenvalue weighted by atomic mass is 10.1. The number of hydrogen-bond acceptors (Lipinski definition) is 10. The number of rotatable bonds is 13. The molecule has 12 nitrogen and oxygen atoms in total. The molecule has 2 heterocycles. The first-order valence-electron chi connectivity index (χ1n) is 13.9. The van der Waals surface area contributed by atoms with Gasteiger partial charge in [-0.1, -0.05) is 66.7 Å². The summed E-state index contributed by atoms with van der Waals surface area (Å²) < 4.78 is 51.1. The molecule has 0 saturated carbocycles. The lowest BCUT2D eigenvalue weighted by Gasteiger charge is -2.20. The van der Waals surface area contributed by atoms with Crippen molar-refractivity contribution in [2.24, 2.45) is 16.7 Å². The monoisotopic (exact) mass is 634 g/mol. The maximum Gasteiger partial charge on any atom is 0.475 e. The van der Waals surface area contributed by atoms with E-state index >= 15 is 4.39 Å². The molecule has 1 aliphatic rings. The number of ether oxygens (including phenoxy) is 1. The van der Waals surface area contributed by atoms with E-state index in [-0.39, 0.29) is 43.5 Å². The highest BCUT2D eigenvalue weighted by atomic mass is 31.2. The van der Waals surface area contributed by atoms with Crippen LogP contribution in [0.2, 0.25) is 0 Å². The molecule has 45 heavy (non-hydrogen) atoms. The van der Waals surface area contributed by atoms with Crippen LogP contribution < -0.4 is 16.5 Å². The van der Waals surface area contributed by atoms with E-state index in [4.69, 9.17) is 29.9 Å². The second-order valence-corrected chi connectivity index (χ2v) is 11.7. The van der Waals surface area contributed by atoms with Crippen LogP contribution in [0.4, 0.5) is 14.9 Å². The van der Waals surface area contributed by atoms with Gasteiger partial charge in [-0.2, -0.15) is 0 Å². The summed E-state index contributed by atoms with van der Waals surface area (Å²) in [6.07, 6.45) is -0.0563. The van der Waals surface area contributed by atoms with Crippen LogP contribution in [-0.4, -0.2) is 48.3 Å². The number of pyridine rings is 1. The number of phosphoric acid groups is 1. The van der Waals surface area contributed by atoms with E-state index < -0.39 is 25.8 Å². The van der Waals surface area contributed by atoms with Crippen molar-refractivity contribution in [3.05, 3.63) is 120 Å². The van der Waals surface area contributed by atoms with Gasteiger partial charge in [-0.05, 0) is 35.4 Å². The zero-order valence-corrected chi connectivity index (χ0v) is 25.3. The lowest BCUT2D eigenvalue weighted by molar-refractivity contribution is 0.0596. The Morgan fingerprint density at radius 3 is 2.22 bits per heavy atom. The average molecular weight is 635 g/mol. The Morgan fingerprint density at radius 2 is 1.67 bits per heavy atom. The van der Waals surface area contributed by atoms with Crippen molar-refractivity contribution in [1.82, 2.24) is 10.1 Å². The summed E-state index contributed by atoms with van der Waals surface area (Å²) in [7, 11) is -2.56. The molecule has 1 fully saturated rings. The first-order chi connectivity index (χ1) is 21.7. The largest absolute Gasteiger partial charge is 0.475 e. The van der Waals surface area contributed by atoms with Crippen molar-refractivity contribution >= 4 is 25.4 Å². The first kappa shape index (κ1) is 31.8. The standard InChI is InChI=1S/C31H32FN6O6P/c1-37(34)36-30(33)29-15-12-24(17-35-29)27-14-13-25(16-28(27)32)38-18-26(44-31(38)39)21-43-45(40,41-19-22-8-4-2-5-9-22)42-20-23-10-6-3-7-11-23/h2-17,26H,18-21,34H2,1H3,(H2,33,36). The minimum atomic E-state index is -4.08. The van der Waals surface area contributed by atoms with Gasteiger partial charge in [-0.15, -0.1) is 5.10 Å². The molecule has 1 amide bonds. The molecule has 0 aliphatic carbocycles.